The number of Topliss-reactive ketones (excluding diaryl/α,β-unsaturated/α-hetero) is 1. The first kappa shape index (κ1) is 16.4. The smallest absolute Gasteiger partial charge is 0.196 e. The highest BCUT2D eigenvalue weighted by atomic mass is 35.5. The molecule has 0 N–H and O–H groups in total. The number of halogens is 2. The molecule has 0 atom stereocenters. The van der Waals surface area contributed by atoms with Crippen LogP contribution in [0.3, 0.4) is 0 Å². The average molecular weight is 396 g/mol. The molecule has 2 aromatic rings. The molecule has 2 aromatic heterocycles. The predicted molar refractivity (Wildman–Crippen MR) is 99.3 cm³/mol. The van der Waals surface area contributed by atoms with Gasteiger partial charge >= 0.3 is 0 Å². The van der Waals surface area contributed by atoms with E-state index < -0.39 is 0 Å². The molecule has 4 bridgehead atoms. The van der Waals surface area contributed by atoms with E-state index in [1.165, 1.54) is 31.0 Å². The van der Waals surface area contributed by atoms with Gasteiger partial charge < -0.3 is 0 Å². The minimum atomic E-state index is -0.0580. The van der Waals surface area contributed by atoms with Crippen LogP contribution in [0, 0.1) is 23.2 Å². The van der Waals surface area contributed by atoms with E-state index >= 15 is 0 Å². The summed E-state index contributed by atoms with van der Waals surface area (Å²) < 4.78 is 1.78. The Bertz CT molecular complexity index is 830. The fraction of sp³-hybridized carbons (Fsp3) is 0.611. The summed E-state index contributed by atoms with van der Waals surface area (Å²) >= 11 is 13.7. The van der Waals surface area contributed by atoms with Crippen LogP contribution in [0.5, 0.6) is 0 Å². The normalized spacial score (nSPS) is 33.3. The molecule has 0 saturated heterocycles. The number of pyridine rings is 1. The minimum Gasteiger partial charge on any atom is -0.298 e. The third kappa shape index (κ3) is 2.70. The van der Waals surface area contributed by atoms with Crippen molar-refractivity contribution in [1.29, 1.82) is 0 Å². The van der Waals surface area contributed by atoms with Gasteiger partial charge in [0.1, 0.15) is 5.78 Å². The molecule has 25 heavy (non-hydrogen) atoms. The van der Waals surface area contributed by atoms with Crippen molar-refractivity contribution in [3.63, 3.8) is 0 Å². The lowest BCUT2D eigenvalue weighted by Gasteiger charge is -2.56. The zero-order chi connectivity index (χ0) is 17.2. The Labute approximate surface area is 160 Å². The monoisotopic (exact) mass is 395 g/mol. The molecule has 4 nitrogen and oxygen atoms in total. The van der Waals surface area contributed by atoms with Gasteiger partial charge in [-0.2, -0.15) is 0 Å². The maximum Gasteiger partial charge on any atom is 0.196 e. The van der Waals surface area contributed by atoms with Crippen molar-refractivity contribution in [3.05, 3.63) is 22.3 Å². The van der Waals surface area contributed by atoms with Crippen molar-refractivity contribution in [2.75, 3.05) is 5.75 Å². The van der Waals surface area contributed by atoms with Gasteiger partial charge in [0.2, 0.25) is 0 Å². The van der Waals surface area contributed by atoms with E-state index in [0.29, 0.717) is 32.4 Å². The van der Waals surface area contributed by atoms with Gasteiger partial charge in [-0.25, -0.2) is 0 Å². The molecule has 0 amide bonds. The summed E-state index contributed by atoms with van der Waals surface area (Å²) in [5.74, 6) is 3.21. The number of rotatable bonds is 4. The molecule has 4 saturated carbocycles. The summed E-state index contributed by atoms with van der Waals surface area (Å²) in [6.45, 7) is 0. The number of nitrogens with zero attached hydrogens (tertiary/aromatic N) is 3. The van der Waals surface area contributed by atoms with E-state index in [4.69, 9.17) is 23.2 Å². The van der Waals surface area contributed by atoms with Crippen molar-refractivity contribution in [2.45, 2.75) is 43.7 Å². The Kier molecular flexibility index (Phi) is 3.85. The van der Waals surface area contributed by atoms with Crippen molar-refractivity contribution in [3.8, 4) is 0 Å². The maximum absolute atomic E-state index is 13.1. The van der Waals surface area contributed by atoms with Crippen LogP contribution < -0.4 is 0 Å². The van der Waals surface area contributed by atoms with Crippen molar-refractivity contribution >= 4 is 46.4 Å². The van der Waals surface area contributed by atoms with Crippen LogP contribution in [-0.2, 0) is 4.79 Å². The number of carbonyl (C=O) groups is 1. The molecular weight excluding hydrogens is 377 g/mol. The highest BCUT2D eigenvalue weighted by Gasteiger charge is 2.54. The summed E-state index contributed by atoms with van der Waals surface area (Å²) in [7, 11) is 0. The van der Waals surface area contributed by atoms with Crippen molar-refractivity contribution in [1.82, 2.24) is 14.6 Å². The quantitative estimate of drug-likeness (QED) is 0.689. The number of fused-ring (bicyclic) bond motifs is 1. The summed E-state index contributed by atoms with van der Waals surface area (Å²) in [4.78, 5) is 13.1. The Morgan fingerprint density at radius 2 is 1.80 bits per heavy atom. The molecule has 2 heterocycles. The second-order valence-corrected chi connectivity index (χ2v) is 9.88. The van der Waals surface area contributed by atoms with Crippen LogP contribution in [0.4, 0.5) is 0 Å². The van der Waals surface area contributed by atoms with E-state index in [1.807, 2.05) is 0 Å². The molecule has 0 aliphatic heterocycles. The van der Waals surface area contributed by atoms with Crippen LogP contribution in [0.15, 0.2) is 17.4 Å². The number of aromatic nitrogens is 3. The van der Waals surface area contributed by atoms with E-state index in [2.05, 4.69) is 10.2 Å². The van der Waals surface area contributed by atoms with Crippen LogP contribution in [0.25, 0.3) is 5.65 Å². The lowest BCUT2D eigenvalue weighted by molar-refractivity contribution is -0.141. The van der Waals surface area contributed by atoms with Crippen molar-refractivity contribution < 1.29 is 4.79 Å². The second kappa shape index (κ2) is 5.86. The van der Waals surface area contributed by atoms with Gasteiger partial charge in [-0.3, -0.25) is 9.20 Å². The summed E-state index contributed by atoms with van der Waals surface area (Å²) in [5.41, 5.74) is 0.521. The molecule has 0 unspecified atom stereocenters. The van der Waals surface area contributed by atoms with Gasteiger partial charge in [-0.05, 0) is 62.3 Å². The van der Waals surface area contributed by atoms with E-state index in [9.17, 15) is 4.79 Å². The largest absolute Gasteiger partial charge is 0.298 e. The third-order valence-corrected chi connectivity index (χ3v) is 7.79. The second-order valence-electron chi connectivity index (χ2n) is 8.09. The van der Waals surface area contributed by atoms with Crippen LogP contribution >= 0.6 is 35.0 Å². The molecule has 0 spiro atoms. The van der Waals surface area contributed by atoms with Gasteiger partial charge in [0.05, 0.1) is 15.8 Å². The average Bonchev–Trinajstić information content (AvgIpc) is 2.94. The standard InChI is InChI=1S/C18H19Cl2N3OS/c19-13-4-14(20)16-21-22-17(23(16)8-13)25-9-15(24)18-5-10-1-11(6-18)3-12(2-10)7-18/h4,8,10-12H,1-3,5-7,9H2. The molecule has 7 heteroatoms. The highest BCUT2D eigenvalue weighted by Crippen LogP contribution is 2.60. The molecule has 4 aliphatic rings. The Hall–Kier alpha value is -0.780. The SMILES string of the molecule is O=C(CSc1nnc2c(Cl)cc(Cl)cn12)C12CC3CC(CC(C3)C1)C2. The molecule has 0 aromatic carbocycles. The first-order chi connectivity index (χ1) is 12.0. The first-order valence-electron chi connectivity index (χ1n) is 8.88. The van der Waals surface area contributed by atoms with Gasteiger partial charge in [-0.15, -0.1) is 10.2 Å². The van der Waals surface area contributed by atoms with Crippen LogP contribution in [0.1, 0.15) is 38.5 Å². The maximum atomic E-state index is 13.1. The number of thioether (sulfide) groups is 1. The Balaban J connectivity index is 1.36. The molecule has 132 valence electrons. The van der Waals surface area contributed by atoms with Gasteiger partial charge in [-0.1, -0.05) is 35.0 Å². The number of ketones is 1. The van der Waals surface area contributed by atoms with E-state index in [-0.39, 0.29) is 5.41 Å². The van der Waals surface area contributed by atoms with Gasteiger partial charge in [0.25, 0.3) is 0 Å². The molecule has 4 aliphatic carbocycles. The summed E-state index contributed by atoms with van der Waals surface area (Å²) in [6, 6.07) is 1.65. The Morgan fingerprint density at radius 1 is 1.16 bits per heavy atom. The summed E-state index contributed by atoms with van der Waals surface area (Å²) in [5, 5.41) is 10.00. The molecule has 4 fully saturated rings. The Morgan fingerprint density at radius 3 is 2.44 bits per heavy atom. The van der Waals surface area contributed by atoms with Gasteiger partial charge in [0.15, 0.2) is 10.8 Å². The number of hydrogen-bond acceptors (Lipinski definition) is 4. The summed E-state index contributed by atoms with van der Waals surface area (Å²) in [6.07, 6.45) is 9.13. The fourth-order valence-corrected chi connectivity index (χ4v) is 7.19. The first-order valence-corrected chi connectivity index (χ1v) is 10.6. The molecule has 6 rings (SSSR count). The van der Waals surface area contributed by atoms with Crippen LogP contribution in [0.2, 0.25) is 10.0 Å². The van der Waals surface area contributed by atoms with E-state index in [0.717, 1.165) is 37.0 Å². The topological polar surface area (TPSA) is 47.3 Å². The zero-order valence-corrected chi connectivity index (χ0v) is 16.1. The molecule has 0 radical (unpaired) electrons. The van der Waals surface area contributed by atoms with E-state index in [1.54, 1.807) is 16.7 Å². The lowest BCUT2D eigenvalue weighted by atomic mass is 9.48. The number of carbonyl (C=O) groups excluding carboxylic acids is 1. The number of hydrogen-bond donors (Lipinski definition) is 0. The predicted octanol–water partition coefficient (Wildman–Crippen LogP) is 4.91. The minimum absolute atomic E-state index is 0.0580. The zero-order valence-electron chi connectivity index (χ0n) is 13.8. The van der Waals surface area contributed by atoms with Crippen LogP contribution in [-0.4, -0.2) is 26.1 Å². The lowest BCUT2D eigenvalue weighted by Crippen LogP contribution is -2.50. The van der Waals surface area contributed by atoms with Crippen molar-refractivity contribution in [2.24, 2.45) is 23.2 Å². The fourth-order valence-electron chi connectivity index (χ4n) is 5.74. The third-order valence-electron chi connectivity index (χ3n) is 6.36. The molecular formula is C18H19Cl2N3OS. The van der Waals surface area contributed by atoms with Gasteiger partial charge in [0, 0.05) is 11.6 Å². The highest BCUT2D eigenvalue weighted by molar-refractivity contribution is 7.99.